The summed E-state index contributed by atoms with van der Waals surface area (Å²) in [5, 5.41) is 10.3. The van der Waals surface area contributed by atoms with Crippen molar-refractivity contribution in [1.29, 1.82) is 0 Å². The van der Waals surface area contributed by atoms with E-state index in [1.165, 1.54) is 4.90 Å². The van der Waals surface area contributed by atoms with Crippen molar-refractivity contribution in [2.24, 2.45) is 0 Å². The third kappa shape index (κ3) is 5.40. The fourth-order valence-corrected chi connectivity index (χ4v) is 3.90. The van der Waals surface area contributed by atoms with Crippen molar-refractivity contribution in [3.8, 4) is 0 Å². The minimum absolute atomic E-state index is 0.0920. The molecule has 0 aliphatic carbocycles. The van der Waals surface area contributed by atoms with Gasteiger partial charge in [-0.25, -0.2) is 14.5 Å². The van der Waals surface area contributed by atoms with Crippen LogP contribution >= 0.6 is 11.6 Å². The number of benzene rings is 2. The van der Waals surface area contributed by atoms with Crippen molar-refractivity contribution < 1.29 is 24.2 Å². The molecule has 3 amide bonds. The topological polar surface area (TPSA) is 87.2 Å². The maximum Gasteiger partial charge on any atom is 0.417 e. The lowest BCUT2D eigenvalue weighted by molar-refractivity contribution is -0.131. The number of carboxylic acid groups (broad SMARTS) is 1. The van der Waals surface area contributed by atoms with Gasteiger partial charge in [0.1, 0.15) is 6.61 Å². The van der Waals surface area contributed by atoms with Gasteiger partial charge in [0.15, 0.2) is 0 Å². The van der Waals surface area contributed by atoms with E-state index in [-0.39, 0.29) is 13.2 Å². The van der Waals surface area contributed by atoms with Gasteiger partial charge < -0.3 is 14.7 Å². The minimum atomic E-state index is -1.14. The van der Waals surface area contributed by atoms with E-state index >= 15 is 0 Å². The van der Waals surface area contributed by atoms with Crippen molar-refractivity contribution in [2.75, 3.05) is 13.2 Å². The van der Waals surface area contributed by atoms with Gasteiger partial charge >= 0.3 is 12.2 Å². The summed E-state index contributed by atoms with van der Waals surface area (Å²) in [5.74, 6) is -1.39. The van der Waals surface area contributed by atoms with Gasteiger partial charge in [-0.15, -0.1) is 0 Å². The molecule has 1 aliphatic rings. The fraction of sp³-hybridized carbons (Fsp3) is 0.375. The average Bonchev–Trinajstić information content (AvgIpc) is 3.08. The van der Waals surface area contributed by atoms with Crippen LogP contribution in [0, 0.1) is 0 Å². The zero-order chi connectivity index (χ0) is 23.5. The number of carbonyl (C=O) groups is 3. The maximum absolute atomic E-state index is 13.7. The zero-order valence-corrected chi connectivity index (χ0v) is 19.1. The van der Waals surface area contributed by atoms with E-state index in [1.807, 2.05) is 30.3 Å². The highest BCUT2D eigenvalue weighted by Crippen LogP contribution is 2.29. The molecule has 0 unspecified atom stereocenters. The number of amides is 3. The Morgan fingerprint density at radius 3 is 2.34 bits per heavy atom. The Morgan fingerprint density at radius 2 is 1.78 bits per heavy atom. The largest absolute Gasteiger partial charge is 0.465 e. The van der Waals surface area contributed by atoms with Crippen LogP contribution in [0.2, 0.25) is 5.02 Å². The molecule has 0 bridgehead atoms. The summed E-state index contributed by atoms with van der Waals surface area (Å²) in [4.78, 5) is 40.6. The molecule has 0 aromatic heterocycles. The molecule has 0 spiro atoms. The second kappa shape index (κ2) is 9.61. The first-order chi connectivity index (χ1) is 15.1. The van der Waals surface area contributed by atoms with E-state index in [2.05, 4.69) is 0 Å². The highest BCUT2D eigenvalue weighted by atomic mass is 35.5. The van der Waals surface area contributed by atoms with Gasteiger partial charge in [-0.1, -0.05) is 54.1 Å². The lowest BCUT2D eigenvalue weighted by Gasteiger charge is -2.36. The summed E-state index contributed by atoms with van der Waals surface area (Å²) in [6.07, 6.45) is -1.41. The summed E-state index contributed by atoms with van der Waals surface area (Å²) >= 11 is 6.01. The molecule has 0 radical (unpaired) electrons. The molecular formula is C24H27ClN2O5. The SMILES string of the molecule is CC(C)(C)N(C[C@@H](C(=O)N1C(=O)OC[C@H]1Cc1ccccc1)c1ccc(Cl)cc1)C(=O)O. The first-order valence-corrected chi connectivity index (χ1v) is 10.8. The number of nitrogens with zero attached hydrogens (tertiary/aromatic N) is 2. The number of imide groups is 1. The van der Waals surface area contributed by atoms with E-state index in [9.17, 15) is 19.5 Å². The molecule has 32 heavy (non-hydrogen) atoms. The Hall–Kier alpha value is -3.06. The molecule has 170 valence electrons. The number of carbonyl (C=O) groups excluding carboxylic acids is 2. The molecule has 0 saturated carbocycles. The van der Waals surface area contributed by atoms with Crippen molar-refractivity contribution in [3.05, 3.63) is 70.7 Å². The van der Waals surface area contributed by atoms with Gasteiger partial charge in [0, 0.05) is 17.1 Å². The van der Waals surface area contributed by atoms with Gasteiger partial charge in [-0.05, 0) is 50.5 Å². The van der Waals surface area contributed by atoms with Crippen LogP contribution in [0.3, 0.4) is 0 Å². The lowest BCUT2D eigenvalue weighted by Crippen LogP contribution is -2.51. The molecule has 1 saturated heterocycles. The predicted molar refractivity (Wildman–Crippen MR) is 121 cm³/mol. The van der Waals surface area contributed by atoms with Gasteiger partial charge in [-0.3, -0.25) is 4.79 Å². The van der Waals surface area contributed by atoms with Crippen molar-refractivity contribution in [1.82, 2.24) is 9.80 Å². The summed E-state index contributed by atoms with van der Waals surface area (Å²) in [6.45, 7) is 5.25. The van der Waals surface area contributed by atoms with E-state index in [1.54, 1.807) is 45.0 Å². The normalized spacial score (nSPS) is 17.1. The van der Waals surface area contributed by atoms with Crippen molar-refractivity contribution in [2.45, 2.75) is 44.7 Å². The number of rotatable bonds is 6. The highest BCUT2D eigenvalue weighted by Gasteiger charge is 2.43. The second-order valence-electron chi connectivity index (χ2n) is 8.80. The number of cyclic esters (lactones) is 1. The van der Waals surface area contributed by atoms with Gasteiger partial charge in [0.05, 0.1) is 12.0 Å². The molecule has 1 heterocycles. The van der Waals surface area contributed by atoms with Crippen LogP contribution in [0.1, 0.15) is 37.8 Å². The van der Waals surface area contributed by atoms with E-state index in [4.69, 9.17) is 16.3 Å². The quantitative estimate of drug-likeness (QED) is 0.672. The van der Waals surface area contributed by atoms with E-state index in [0.717, 1.165) is 10.5 Å². The first-order valence-electron chi connectivity index (χ1n) is 10.4. The van der Waals surface area contributed by atoms with Crippen LogP contribution in [-0.4, -0.2) is 57.7 Å². The summed E-state index contributed by atoms with van der Waals surface area (Å²) < 4.78 is 5.21. The highest BCUT2D eigenvalue weighted by molar-refractivity contribution is 6.30. The minimum Gasteiger partial charge on any atom is -0.465 e. The molecule has 7 nitrogen and oxygen atoms in total. The Bertz CT molecular complexity index is 972. The smallest absolute Gasteiger partial charge is 0.417 e. The lowest BCUT2D eigenvalue weighted by atomic mass is 9.93. The van der Waals surface area contributed by atoms with Gasteiger partial charge in [0.25, 0.3) is 0 Å². The van der Waals surface area contributed by atoms with Crippen LogP contribution in [0.15, 0.2) is 54.6 Å². The molecule has 8 heteroatoms. The van der Waals surface area contributed by atoms with Crippen molar-refractivity contribution >= 4 is 29.7 Å². The Morgan fingerprint density at radius 1 is 1.16 bits per heavy atom. The fourth-order valence-electron chi connectivity index (χ4n) is 3.78. The molecule has 1 aliphatic heterocycles. The van der Waals surface area contributed by atoms with Gasteiger partial charge in [-0.2, -0.15) is 0 Å². The Labute approximate surface area is 192 Å². The Kier molecular flexibility index (Phi) is 7.09. The van der Waals surface area contributed by atoms with E-state index < -0.39 is 35.6 Å². The maximum atomic E-state index is 13.7. The molecule has 2 aromatic carbocycles. The predicted octanol–water partition coefficient (Wildman–Crippen LogP) is 4.79. The van der Waals surface area contributed by atoms with Crippen molar-refractivity contribution in [3.63, 3.8) is 0 Å². The number of halogens is 1. The van der Waals surface area contributed by atoms with Crippen LogP contribution in [-0.2, 0) is 16.0 Å². The number of hydrogen-bond donors (Lipinski definition) is 1. The Balaban J connectivity index is 1.95. The van der Waals surface area contributed by atoms with E-state index in [0.29, 0.717) is 17.0 Å². The average molecular weight is 459 g/mol. The standard InChI is InChI=1S/C24H27ClN2O5/c1-24(2,3)26(22(29)30)14-20(17-9-11-18(25)12-10-17)21(28)27-19(15-32-23(27)31)13-16-7-5-4-6-8-16/h4-12,19-20H,13-15H2,1-3H3,(H,29,30)/t19-,20-/m1/s1. The molecule has 1 N–H and O–H groups in total. The molecule has 3 rings (SSSR count). The molecular weight excluding hydrogens is 432 g/mol. The second-order valence-corrected chi connectivity index (χ2v) is 9.23. The summed E-state index contributed by atoms with van der Waals surface area (Å²) in [6, 6.07) is 15.7. The molecule has 2 atom stereocenters. The number of ether oxygens (including phenoxy) is 1. The molecule has 2 aromatic rings. The summed E-state index contributed by atoms with van der Waals surface area (Å²) in [5.41, 5.74) is 0.803. The zero-order valence-electron chi connectivity index (χ0n) is 18.3. The third-order valence-corrected chi connectivity index (χ3v) is 5.74. The monoisotopic (exact) mass is 458 g/mol. The van der Waals surface area contributed by atoms with Crippen LogP contribution in [0.5, 0.6) is 0 Å². The number of hydrogen-bond acceptors (Lipinski definition) is 4. The first kappa shape index (κ1) is 23.6. The van der Waals surface area contributed by atoms with Crippen LogP contribution in [0.25, 0.3) is 0 Å². The van der Waals surface area contributed by atoms with Crippen LogP contribution < -0.4 is 0 Å². The molecule has 1 fully saturated rings. The van der Waals surface area contributed by atoms with Gasteiger partial charge in [0.2, 0.25) is 5.91 Å². The third-order valence-electron chi connectivity index (χ3n) is 5.49. The summed E-state index contributed by atoms with van der Waals surface area (Å²) in [7, 11) is 0. The van der Waals surface area contributed by atoms with Crippen LogP contribution in [0.4, 0.5) is 9.59 Å².